The molecule has 0 atom stereocenters. The molecule has 1 fully saturated rings. The number of hydrogen-bond acceptors (Lipinski definition) is 6. The minimum atomic E-state index is -4.01. The Bertz CT molecular complexity index is 1060. The van der Waals surface area contributed by atoms with E-state index in [1.54, 1.807) is 53.1 Å². The molecular weight excluding hydrogens is 446 g/mol. The van der Waals surface area contributed by atoms with Crippen LogP contribution in [0.4, 0.5) is 10.5 Å². The fourth-order valence-corrected chi connectivity index (χ4v) is 4.89. The van der Waals surface area contributed by atoms with Crippen molar-refractivity contribution in [1.82, 2.24) is 9.80 Å². The van der Waals surface area contributed by atoms with Crippen LogP contribution in [0.15, 0.2) is 53.4 Å². The Balaban J connectivity index is 1.81. The van der Waals surface area contributed by atoms with Gasteiger partial charge in [0.2, 0.25) is 5.91 Å². The second-order valence-electron chi connectivity index (χ2n) is 7.59. The van der Waals surface area contributed by atoms with Gasteiger partial charge in [0.05, 0.1) is 24.3 Å². The lowest BCUT2D eigenvalue weighted by atomic mass is 10.2. The summed E-state index contributed by atoms with van der Waals surface area (Å²) in [6.45, 7) is 4.86. The van der Waals surface area contributed by atoms with Gasteiger partial charge in [-0.2, -0.15) is 0 Å². The summed E-state index contributed by atoms with van der Waals surface area (Å²) in [5, 5.41) is 0. The predicted octanol–water partition coefficient (Wildman–Crippen LogP) is 2.50. The van der Waals surface area contributed by atoms with Crippen molar-refractivity contribution in [1.29, 1.82) is 0 Å². The molecule has 0 unspecified atom stereocenters. The van der Waals surface area contributed by atoms with Crippen LogP contribution in [0.2, 0.25) is 0 Å². The maximum absolute atomic E-state index is 13.5. The third-order valence-corrected chi connectivity index (χ3v) is 7.19. The van der Waals surface area contributed by atoms with E-state index in [0.29, 0.717) is 37.6 Å². The molecule has 0 radical (unpaired) electrons. The van der Waals surface area contributed by atoms with Crippen LogP contribution in [0.25, 0.3) is 0 Å². The zero-order chi connectivity index (χ0) is 24.0. The second-order valence-corrected chi connectivity index (χ2v) is 9.45. The molecule has 0 saturated carbocycles. The summed E-state index contributed by atoms with van der Waals surface area (Å²) in [5.74, 6) is 0.197. The molecule has 9 nitrogen and oxygen atoms in total. The largest absolute Gasteiger partial charge is 0.497 e. The number of benzene rings is 2. The smallest absolute Gasteiger partial charge is 0.409 e. The molecular formula is C23H29N3O6S. The number of amides is 2. The highest BCUT2D eigenvalue weighted by Crippen LogP contribution is 2.26. The van der Waals surface area contributed by atoms with Crippen LogP contribution in [0.5, 0.6) is 5.75 Å². The Morgan fingerprint density at radius 1 is 0.939 bits per heavy atom. The van der Waals surface area contributed by atoms with Crippen molar-refractivity contribution < 1.29 is 27.5 Å². The van der Waals surface area contributed by atoms with Crippen LogP contribution >= 0.6 is 0 Å². The summed E-state index contributed by atoms with van der Waals surface area (Å²) in [6, 6.07) is 13.0. The summed E-state index contributed by atoms with van der Waals surface area (Å²) in [7, 11) is -2.51. The number of hydrogen-bond donors (Lipinski definition) is 0. The number of carbonyl (C=O) groups is 2. The summed E-state index contributed by atoms with van der Waals surface area (Å²) < 4.78 is 38.2. The molecule has 0 bridgehead atoms. The van der Waals surface area contributed by atoms with Crippen molar-refractivity contribution in [3.8, 4) is 5.75 Å². The number of methoxy groups -OCH3 is 1. The van der Waals surface area contributed by atoms with Gasteiger partial charge in [0.1, 0.15) is 12.3 Å². The van der Waals surface area contributed by atoms with Gasteiger partial charge < -0.3 is 19.3 Å². The fourth-order valence-electron chi connectivity index (χ4n) is 3.48. The van der Waals surface area contributed by atoms with Gasteiger partial charge in [0, 0.05) is 26.2 Å². The average molecular weight is 476 g/mol. The Kier molecular flexibility index (Phi) is 7.80. The van der Waals surface area contributed by atoms with Gasteiger partial charge in [0.15, 0.2) is 0 Å². The van der Waals surface area contributed by atoms with Gasteiger partial charge in [0.25, 0.3) is 10.0 Å². The molecule has 0 spiro atoms. The molecule has 0 aromatic heterocycles. The zero-order valence-corrected chi connectivity index (χ0v) is 19.9. The minimum absolute atomic E-state index is 0.0591. The summed E-state index contributed by atoms with van der Waals surface area (Å²) in [4.78, 5) is 28.2. The molecule has 10 heteroatoms. The van der Waals surface area contributed by atoms with E-state index in [2.05, 4.69) is 0 Å². The van der Waals surface area contributed by atoms with Crippen molar-refractivity contribution in [2.75, 3.05) is 50.7 Å². The Hall–Kier alpha value is -3.27. The summed E-state index contributed by atoms with van der Waals surface area (Å²) >= 11 is 0. The molecule has 1 aliphatic heterocycles. The van der Waals surface area contributed by atoms with Crippen molar-refractivity contribution in [3.63, 3.8) is 0 Å². The number of piperazine rings is 1. The number of nitrogens with zero attached hydrogens (tertiary/aromatic N) is 3. The van der Waals surface area contributed by atoms with Crippen molar-refractivity contribution >= 4 is 27.7 Å². The maximum atomic E-state index is 13.5. The molecule has 1 heterocycles. The van der Waals surface area contributed by atoms with Crippen LogP contribution in [0.3, 0.4) is 0 Å². The fraction of sp³-hybridized carbons (Fsp3) is 0.391. The van der Waals surface area contributed by atoms with Crippen molar-refractivity contribution in [3.05, 3.63) is 54.1 Å². The first-order chi connectivity index (χ1) is 15.8. The number of sulfonamides is 1. The first-order valence-corrected chi connectivity index (χ1v) is 12.1. The summed E-state index contributed by atoms with van der Waals surface area (Å²) in [6.07, 6.45) is -0.409. The first kappa shape index (κ1) is 24.4. The molecule has 2 aromatic rings. The predicted molar refractivity (Wildman–Crippen MR) is 124 cm³/mol. The lowest BCUT2D eigenvalue weighted by molar-refractivity contribution is -0.131. The molecule has 0 aliphatic carbocycles. The number of aryl methyl sites for hydroxylation is 1. The Morgan fingerprint density at radius 2 is 1.52 bits per heavy atom. The van der Waals surface area contributed by atoms with E-state index < -0.39 is 16.1 Å². The first-order valence-electron chi connectivity index (χ1n) is 10.7. The Morgan fingerprint density at radius 3 is 2.06 bits per heavy atom. The zero-order valence-electron chi connectivity index (χ0n) is 19.1. The van der Waals surface area contributed by atoms with Crippen LogP contribution in [-0.4, -0.2) is 76.7 Å². The van der Waals surface area contributed by atoms with E-state index in [9.17, 15) is 18.0 Å². The van der Waals surface area contributed by atoms with Crippen LogP contribution < -0.4 is 9.04 Å². The molecule has 2 amide bonds. The van der Waals surface area contributed by atoms with Crippen molar-refractivity contribution in [2.24, 2.45) is 0 Å². The van der Waals surface area contributed by atoms with E-state index >= 15 is 0 Å². The molecule has 2 aromatic carbocycles. The van der Waals surface area contributed by atoms with E-state index in [1.807, 2.05) is 6.92 Å². The number of carbonyl (C=O) groups excluding carboxylic acids is 2. The lowest BCUT2D eigenvalue weighted by Gasteiger charge is -2.35. The highest BCUT2D eigenvalue weighted by Gasteiger charge is 2.31. The molecule has 1 saturated heterocycles. The molecule has 33 heavy (non-hydrogen) atoms. The second kappa shape index (κ2) is 10.6. The average Bonchev–Trinajstić information content (AvgIpc) is 2.83. The van der Waals surface area contributed by atoms with E-state index in [4.69, 9.17) is 9.47 Å². The third-order valence-electron chi connectivity index (χ3n) is 5.41. The van der Waals surface area contributed by atoms with E-state index in [-0.39, 0.29) is 24.0 Å². The van der Waals surface area contributed by atoms with E-state index in [0.717, 1.165) is 9.87 Å². The topological polar surface area (TPSA) is 96.5 Å². The number of ether oxygens (including phenoxy) is 2. The monoisotopic (exact) mass is 475 g/mol. The van der Waals surface area contributed by atoms with Gasteiger partial charge in [-0.1, -0.05) is 17.7 Å². The quantitative estimate of drug-likeness (QED) is 0.611. The van der Waals surface area contributed by atoms with Gasteiger partial charge in [-0.05, 0) is 50.2 Å². The maximum Gasteiger partial charge on any atom is 0.409 e. The van der Waals surface area contributed by atoms with Crippen molar-refractivity contribution in [2.45, 2.75) is 18.7 Å². The van der Waals surface area contributed by atoms with Crippen LogP contribution in [-0.2, 0) is 19.6 Å². The molecule has 1 aliphatic rings. The number of anilines is 1. The van der Waals surface area contributed by atoms with E-state index in [1.165, 1.54) is 19.2 Å². The molecule has 178 valence electrons. The Labute approximate surface area is 194 Å². The third kappa shape index (κ3) is 5.75. The highest BCUT2D eigenvalue weighted by atomic mass is 32.2. The summed E-state index contributed by atoms with van der Waals surface area (Å²) in [5.41, 5.74) is 1.37. The SMILES string of the molecule is CCOC(=O)N1CCN(C(=O)CN(c2ccc(C)cc2)S(=O)(=O)c2ccc(OC)cc2)CC1. The molecule has 3 rings (SSSR count). The molecule has 0 N–H and O–H groups in total. The van der Waals surface area contributed by atoms with Crippen LogP contribution in [0.1, 0.15) is 12.5 Å². The van der Waals surface area contributed by atoms with Crippen LogP contribution in [0, 0.1) is 6.92 Å². The normalized spacial score (nSPS) is 14.0. The van der Waals surface area contributed by atoms with Gasteiger partial charge in [-0.3, -0.25) is 9.10 Å². The highest BCUT2D eigenvalue weighted by molar-refractivity contribution is 7.92. The minimum Gasteiger partial charge on any atom is -0.497 e. The number of rotatable bonds is 7. The van der Waals surface area contributed by atoms with Gasteiger partial charge in [-0.15, -0.1) is 0 Å². The standard InChI is InChI=1S/C23H29N3O6S/c1-4-32-23(28)25-15-13-24(14-16-25)22(27)17-26(19-7-5-18(2)6-8-19)33(29,30)21-11-9-20(31-3)10-12-21/h5-12H,4,13-17H2,1-3H3. The van der Waals surface area contributed by atoms with Gasteiger partial charge in [-0.25, -0.2) is 13.2 Å². The lowest BCUT2D eigenvalue weighted by Crippen LogP contribution is -2.53. The van der Waals surface area contributed by atoms with Gasteiger partial charge >= 0.3 is 6.09 Å².